The van der Waals surface area contributed by atoms with Gasteiger partial charge in [-0.25, -0.2) is 0 Å². The van der Waals surface area contributed by atoms with Crippen molar-refractivity contribution in [3.05, 3.63) is 64.7 Å². The molecule has 1 N–H and O–H groups in total. The van der Waals surface area contributed by atoms with Gasteiger partial charge in [0.25, 0.3) is 0 Å². The number of aromatic nitrogens is 2. The predicted molar refractivity (Wildman–Crippen MR) is 135 cm³/mol. The van der Waals surface area contributed by atoms with Gasteiger partial charge in [-0.15, -0.1) is 0 Å². The third-order valence-electron chi connectivity index (χ3n) is 5.72. The molecular formula is C26H29N5O3. The van der Waals surface area contributed by atoms with Crippen molar-refractivity contribution in [3.63, 3.8) is 0 Å². The number of ether oxygens (including phenoxy) is 2. The van der Waals surface area contributed by atoms with Crippen molar-refractivity contribution in [2.75, 3.05) is 43.2 Å². The fourth-order valence-electron chi connectivity index (χ4n) is 3.81. The third-order valence-corrected chi connectivity index (χ3v) is 5.72. The van der Waals surface area contributed by atoms with Crippen molar-refractivity contribution >= 4 is 36.1 Å². The van der Waals surface area contributed by atoms with Gasteiger partial charge in [0, 0.05) is 37.2 Å². The summed E-state index contributed by atoms with van der Waals surface area (Å²) in [4.78, 5) is 16.6. The van der Waals surface area contributed by atoms with Gasteiger partial charge < -0.3 is 24.4 Å². The molecule has 0 spiro atoms. The van der Waals surface area contributed by atoms with E-state index >= 15 is 0 Å². The molecule has 2 heterocycles. The van der Waals surface area contributed by atoms with Crippen LogP contribution in [0.4, 0.5) is 17.1 Å². The van der Waals surface area contributed by atoms with Crippen LogP contribution < -0.4 is 25.1 Å². The fourth-order valence-corrected chi connectivity index (χ4v) is 3.81. The minimum atomic E-state index is -0.154. The maximum Gasteiger partial charge on any atom is 0.320 e. The van der Waals surface area contributed by atoms with Crippen molar-refractivity contribution < 1.29 is 14.6 Å². The summed E-state index contributed by atoms with van der Waals surface area (Å²) in [6.07, 6.45) is 3.17. The minimum Gasteiger partial charge on any atom is -0.493 e. The molecule has 8 heteroatoms. The molecule has 1 aliphatic rings. The highest BCUT2D eigenvalue weighted by Crippen LogP contribution is 2.28. The Morgan fingerprint density at radius 2 is 1.91 bits per heavy atom. The van der Waals surface area contributed by atoms with E-state index in [0.717, 1.165) is 43.2 Å². The SMILES string of the molecule is C=N/C=c1/nc(OCc2ccc(N(C)c3cccc(N4CCOCC4)c3)cc2)nc(O)/c1=C/C. The zero-order valence-electron chi connectivity index (χ0n) is 19.5. The number of anilines is 3. The highest BCUT2D eigenvalue weighted by molar-refractivity contribution is 5.67. The summed E-state index contributed by atoms with van der Waals surface area (Å²) in [5, 5.41) is 11.1. The van der Waals surface area contributed by atoms with E-state index in [0.29, 0.717) is 10.6 Å². The van der Waals surface area contributed by atoms with E-state index in [1.807, 2.05) is 12.1 Å². The van der Waals surface area contributed by atoms with Crippen LogP contribution in [0.1, 0.15) is 12.5 Å². The lowest BCUT2D eigenvalue weighted by atomic mass is 10.2. The Morgan fingerprint density at radius 1 is 1.15 bits per heavy atom. The Labute approximate surface area is 199 Å². The van der Waals surface area contributed by atoms with Gasteiger partial charge in [0.05, 0.1) is 30.0 Å². The fraction of sp³-hybridized carbons (Fsp3) is 0.269. The summed E-state index contributed by atoms with van der Waals surface area (Å²) < 4.78 is 11.2. The van der Waals surface area contributed by atoms with Crippen LogP contribution in [0.5, 0.6) is 11.9 Å². The molecule has 0 unspecified atom stereocenters. The molecular weight excluding hydrogens is 430 g/mol. The highest BCUT2D eigenvalue weighted by atomic mass is 16.5. The van der Waals surface area contributed by atoms with E-state index < -0.39 is 0 Å². The summed E-state index contributed by atoms with van der Waals surface area (Å²) in [6.45, 7) is 8.85. The highest BCUT2D eigenvalue weighted by Gasteiger charge is 2.13. The molecule has 8 nitrogen and oxygen atoms in total. The van der Waals surface area contributed by atoms with Crippen LogP contribution in [0.25, 0.3) is 12.3 Å². The van der Waals surface area contributed by atoms with Crippen LogP contribution in [0, 0.1) is 0 Å². The maximum absolute atomic E-state index is 10.1. The summed E-state index contributed by atoms with van der Waals surface area (Å²) >= 11 is 0. The Hall–Kier alpha value is -3.91. The minimum absolute atomic E-state index is 0.0825. The van der Waals surface area contributed by atoms with Gasteiger partial charge in [0.15, 0.2) is 0 Å². The first-order chi connectivity index (χ1) is 16.6. The van der Waals surface area contributed by atoms with Crippen LogP contribution in [-0.2, 0) is 11.3 Å². The average Bonchev–Trinajstić information content (AvgIpc) is 2.88. The second-order valence-electron chi connectivity index (χ2n) is 7.86. The van der Waals surface area contributed by atoms with E-state index in [4.69, 9.17) is 9.47 Å². The van der Waals surface area contributed by atoms with Crippen LogP contribution in [0.15, 0.2) is 53.5 Å². The Balaban J connectivity index is 1.45. The predicted octanol–water partition coefficient (Wildman–Crippen LogP) is 2.60. The number of rotatable bonds is 7. The molecule has 1 aliphatic heterocycles. The first kappa shape index (κ1) is 23.3. The molecule has 1 saturated heterocycles. The van der Waals surface area contributed by atoms with Gasteiger partial charge in [-0.1, -0.05) is 24.3 Å². The molecule has 1 aromatic heterocycles. The molecule has 2 aromatic carbocycles. The van der Waals surface area contributed by atoms with E-state index in [1.54, 1.807) is 13.0 Å². The lowest BCUT2D eigenvalue weighted by molar-refractivity contribution is 0.122. The van der Waals surface area contributed by atoms with Crippen LogP contribution in [0.2, 0.25) is 0 Å². The molecule has 0 atom stereocenters. The number of morpholine rings is 1. The number of hydrogen-bond donors (Lipinski definition) is 1. The molecule has 3 aromatic rings. The number of nitrogens with zero attached hydrogens (tertiary/aromatic N) is 5. The van der Waals surface area contributed by atoms with Crippen molar-refractivity contribution in [3.8, 4) is 11.9 Å². The second-order valence-corrected chi connectivity index (χ2v) is 7.86. The number of hydrogen-bond acceptors (Lipinski definition) is 8. The van der Waals surface area contributed by atoms with E-state index in [2.05, 4.69) is 74.9 Å². The van der Waals surface area contributed by atoms with E-state index in [-0.39, 0.29) is 18.5 Å². The molecule has 0 aliphatic carbocycles. The quantitative estimate of drug-likeness (QED) is 0.544. The molecule has 0 amide bonds. The zero-order valence-corrected chi connectivity index (χ0v) is 19.5. The van der Waals surface area contributed by atoms with Crippen LogP contribution in [0.3, 0.4) is 0 Å². The van der Waals surface area contributed by atoms with Crippen molar-refractivity contribution in [1.82, 2.24) is 9.97 Å². The summed E-state index contributed by atoms with van der Waals surface area (Å²) in [5.74, 6) is -0.154. The molecule has 0 radical (unpaired) electrons. The van der Waals surface area contributed by atoms with E-state index in [1.165, 1.54) is 11.9 Å². The zero-order chi connectivity index (χ0) is 23.9. The van der Waals surface area contributed by atoms with Crippen LogP contribution >= 0.6 is 0 Å². The van der Waals surface area contributed by atoms with Crippen molar-refractivity contribution in [2.45, 2.75) is 13.5 Å². The third kappa shape index (κ3) is 5.35. The summed E-state index contributed by atoms with van der Waals surface area (Å²) in [7, 11) is 2.05. The number of aromatic hydroxyl groups is 1. The van der Waals surface area contributed by atoms with Crippen molar-refractivity contribution in [1.29, 1.82) is 0 Å². The first-order valence-electron chi connectivity index (χ1n) is 11.2. The van der Waals surface area contributed by atoms with Gasteiger partial charge >= 0.3 is 6.01 Å². The van der Waals surface area contributed by atoms with Crippen LogP contribution in [-0.4, -0.2) is 55.1 Å². The lowest BCUT2D eigenvalue weighted by Gasteiger charge is -2.30. The summed E-state index contributed by atoms with van der Waals surface area (Å²) in [5.41, 5.74) is 4.34. The van der Waals surface area contributed by atoms with Gasteiger partial charge in [-0.2, -0.15) is 9.97 Å². The lowest BCUT2D eigenvalue weighted by Crippen LogP contribution is -2.36. The second kappa shape index (κ2) is 10.8. The first-order valence-corrected chi connectivity index (χ1v) is 11.2. The smallest absolute Gasteiger partial charge is 0.320 e. The molecule has 0 saturated carbocycles. The number of aliphatic imine (C=N–C) groups is 1. The molecule has 1 fully saturated rings. The van der Waals surface area contributed by atoms with Gasteiger partial charge in [0.2, 0.25) is 5.88 Å². The average molecular weight is 460 g/mol. The largest absolute Gasteiger partial charge is 0.493 e. The Kier molecular flexibility index (Phi) is 7.39. The Bertz CT molecular complexity index is 1250. The van der Waals surface area contributed by atoms with Gasteiger partial charge in [0.1, 0.15) is 6.61 Å². The molecule has 34 heavy (non-hydrogen) atoms. The number of benzene rings is 2. The molecule has 176 valence electrons. The Morgan fingerprint density at radius 3 is 2.62 bits per heavy atom. The van der Waals surface area contributed by atoms with E-state index in [9.17, 15) is 5.11 Å². The monoisotopic (exact) mass is 459 g/mol. The normalized spacial score (nSPS) is 14.8. The van der Waals surface area contributed by atoms with Crippen molar-refractivity contribution in [2.24, 2.45) is 4.99 Å². The van der Waals surface area contributed by atoms with Gasteiger partial charge in [-0.05, 0) is 49.5 Å². The maximum atomic E-state index is 10.1. The topological polar surface area (TPSA) is 83.3 Å². The van der Waals surface area contributed by atoms with Gasteiger partial charge in [-0.3, -0.25) is 4.99 Å². The molecule has 4 rings (SSSR count). The standard InChI is InChI=1S/C26H29N5O3/c1-4-23-24(17-27-2)28-26(29-25(23)32)34-18-19-8-10-20(11-9-19)30(3)21-6-5-7-22(16-21)31-12-14-33-15-13-31/h4-11,16-17H,2,12-15,18H2,1,3H3,(H,28,29,32)/b23-4+,24-17+. The molecule has 0 bridgehead atoms. The summed E-state index contributed by atoms with van der Waals surface area (Å²) in [6, 6.07) is 16.7.